The molecule has 4 N–H and O–H groups in total. The van der Waals surface area contributed by atoms with Crippen LogP contribution in [0.25, 0.3) is 0 Å². The first-order valence-corrected chi connectivity index (χ1v) is 9.06. The summed E-state index contributed by atoms with van der Waals surface area (Å²) in [6.45, 7) is 7.02. The minimum Gasteiger partial charge on any atom is -0.375 e. The third kappa shape index (κ3) is 4.12. The highest BCUT2D eigenvalue weighted by molar-refractivity contribution is 7.80. The molecule has 0 atom stereocenters. The van der Waals surface area contributed by atoms with Crippen molar-refractivity contribution in [3.05, 3.63) is 35.9 Å². The minimum atomic E-state index is 0.231. The first-order valence-electron chi connectivity index (χ1n) is 8.65. The summed E-state index contributed by atoms with van der Waals surface area (Å²) in [4.78, 5) is 1.53. The van der Waals surface area contributed by atoms with Crippen molar-refractivity contribution >= 4 is 23.0 Å². The number of thiocarbonyl (C=S) groups is 1. The van der Waals surface area contributed by atoms with Gasteiger partial charge in [0.25, 0.3) is 0 Å². The highest BCUT2D eigenvalue weighted by atomic mass is 32.1. The van der Waals surface area contributed by atoms with Crippen molar-refractivity contribution in [2.45, 2.75) is 25.2 Å². The van der Waals surface area contributed by atoms with Gasteiger partial charge in [-0.3, -0.25) is 5.43 Å². The van der Waals surface area contributed by atoms with Crippen LogP contribution in [0.4, 0.5) is 0 Å². The molecule has 0 amide bonds. The van der Waals surface area contributed by atoms with Gasteiger partial charge in [-0.25, -0.2) is 0 Å². The molecule has 5 nitrogen and oxygen atoms in total. The van der Waals surface area contributed by atoms with Gasteiger partial charge in [0.05, 0.1) is 18.9 Å². The van der Waals surface area contributed by atoms with Crippen molar-refractivity contribution in [1.82, 2.24) is 5.43 Å². The molecule has 0 aromatic heterocycles. The number of ether oxygens (including phenoxy) is 1. The number of hydrogen-bond donors (Lipinski definition) is 3. The first kappa shape index (κ1) is 17.3. The van der Waals surface area contributed by atoms with E-state index in [-0.39, 0.29) is 10.5 Å². The molecule has 1 aliphatic heterocycles. The van der Waals surface area contributed by atoms with Gasteiger partial charge in [0.15, 0.2) is 5.11 Å². The second-order valence-corrected chi connectivity index (χ2v) is 7.59. The van der Waals surface area contributed by atoms with E-state index in [0.29, 0.717) is 5.92 Å². The van der Waals surface area contributed by atoms with E-state index in [2.05, 4.69) is 47.8 Å². The summed E-state index contributed by atoms with van der Waals surface area (Å²) in [7, 11) is 0. The van der Waals surface area contributed by atoms with Gasteiger partial charge in [-0.15, -0.1) is 0 Å². The number of morpholine rings is 1. The molecule has 1 heterocycles. The highest BCUT2D eigenvalue weighted by Gasteiger charge is 2.44. The Morgan fingerprint density at radius 2 is 2.00 bits per heavy atom. The molecule has 24 heavy (non-hydrogen) atoms. The van der Waals surface area contributed by atoms with E-state index in [0.717, 1.165) is 45.7 Å². The predicted octanol–water partition coefficient (Wildman–Crippen LogP) is 0.459. The smallest absolute Gasteiger partial charge is 0.184 e. The Balaban J connectivity index is 1.66. The van der Waals surface area contributed by atoms with Crippen molar-refractivity contribution < 1.29 is 9.64 Å². The van der Waals surface area contributed by atoms with Gasteiger partial charge in [0, 0.05) is 5.92 Å². The molecule has 1 aromatic rings. The first-order chi connectivity index (χ1) is 11.6. The van der Waals surface area contributed by atoms with Crippen LogP contribution in [0.15, 0.2) is 35.4 Å². The van der Waals surface area contributed by atoms with E-state index in [1.807, 2.05) is 0 Å². The summed E-state index contributed by atoms with van der Waals surface area (Å²) in [5, 5.41) is 4.77. The van der Waals surface area contributed by atoms with Crippen molar-refractivity contribution in [1.29, 1.82) is 0 Å². The zero-order valence-electron chi connectivity index (χ0n) is 14.3. The second-order valence-electron chi connectivity index (χ2n) is 7.15. The molecule has 6 heteroatoms. The van der Waals surface area contributed by atoms with Gasteiger partial charge in [-0.1, -0.05) is 37.3 Å². The normalized spacial score (nSPS) is 28.2. The lowest BCUT2D eigenvalue weighted by molar-refractivity contribution is -0.899. The highest BCUT2D eigenvalue weighted by Crippen LogP contribution is 2.47. The van der Waals surface area contributed by atoms with Crippen LogP contribution in [0.1, 0.15) is 25.3 Å². The lowest BCUT2D eigenvalue weighted by Crippen LogP contribution is -3.15. The van der Waals surface area contributed by atoms with Crippen LogP contribution in [0, 0.1) is 5.92 Å². The van der Waals surface area contributed by atoms with Crippen molar-refractivity contribution in [3.63, 3.8) is 0 Å². The molecule has 1 saturated carbocycles. The largest absolute Gasteiger partial charge is 0.375 e. The Labute approximate surface area is 149 Å². The minimum absolute atomic E-state index is 0.231. The van der Waals surface area contributed by atoms with E-state index >= 15 is 0 Å². The average Bonchev–Trinajstić information content (AvgIpc) is 2.57. The standard InChI is InChI=1S/C18H26N4OS/c1-18(15-5-3-2-4-6-15)11-14(12-18)16(20-21-17(19)24)13-22-7-9-23-10-8-22/h2-6,14H,7-13H2,1H3,(H3,19,21,24)/p+1/b20-16-. The number of hydrogen-bond acceptors (Lipinski definition) is 3. The van der Waals surface area contributed by atoms with Crippen LogP contribution < -0.4 is 16.1 Å². The number of nitrogens with one attached hydrogen (secondary N) is 2. The molecule has 0 bridgehead atoms. The second kappa shape index (κ2) is 7.59. The van der Waals surface area contributed by atoms with Gasteiger partial charge in [-0.2, -0.15) is 5.10 Å². The van der Waals surface area contributed by atoms with Crippen LogP contribution >= 0.6 is 12.2 Å². The van der Waals surface area contributed by atoms with Crippen molar-refractivity contribution in [2.75, 3.05) is 32.8 Å². The summed E-state index contributed by atoms with van der Waals surface area (Å²) < 4.78 is 5.45. The zero-order chi connectivity index (χ0) is 17.0. The van der Waals surface area contributed by atoms with Gasteiger partial charge in [0.1, 0.15) is 19.6 Å². The van der Waals surface area contributed by atoms with Crippen LogP contribution in [-0.2, 0) is 10.2 Å². The predicted molar refractivity (Wildman–Crippen MR) is 100 cm³/mol. The van der Waals surface area contributed by atoms with Gasteiger partial charge in [0.2, 0.25) is 0 Å². The molecule has 1 aromatic carbocycles. The van der Waals surface area contributed by atoms with Crippen LogP contribution in [0.2, 0.25) is 0 Å². The maximum absolute atomic E-state index is 5.56. The van der Waals surface area contributed by atoms with Crippen LogP contribution in [-0.4, -0.2) is 43.7 Å². The molecule has 0 radical (unpaired) electrons. The fraction of sp³-hybridized carbons (Fsp3) is 0.556. The third-order valence-corrected chi connectivity index (χ3v) is 5.37. The molecule has 2 aliphatic rings. The number of quaternary nitrogens is 1. The quantitative estimate of drug-likeness (QED) is 0.411. The van der Waals surface area contributed by atoms with Crippen molar-refractivity contribution in [2.24, 2.45) is 16.8 Å². The topological polar surface area (TPSA) is 64.1 Å². The molecule has 1 aliphatic carbocycles. The number of hydrazone groups is 1. The summed E-state index contributed by atoms with van der Waals surface area (Å²) in [5.74, 6) is 0.493. The van der Waals surface area contributed by atoms with E-state index in [4.69, 9.17) is 22.7 Å². The maximum Gasteiger partial charge on any atom is 0.184 e. The Morgan fingerprint density at radius 1 is 1.33 bits per heavy atom. The van der Waals surface area contributed by atoms with E-state index in [1.54, 1.807) is 0 Å². The molecule has 1 saturated heterocycles. The van der Waals surface area contributed by atoms with Crippen LogP contribution in [0.3, 0.4) is 0 Å². The van der Waals surface area contributed by atoms with E-state index < -0.39 is 0 Å². The number of nitrogens with zero attached hydrogens (tertiary/aromatic N) is 1. The van der Waals surface area contributed by atoms with E-state index in [9.17, 15) is 0 Å². The average molecular weight is 348 g/mol. The monoisotopic (exact) mass is 347 g/mol. The molecular weight excluding hydrogens is 320 g/mol. The Hall–Kier alpha value is -1.50. The maximum atomic E-state index is 5.56. The van der Waals surface area contributed by atoms with Gasteiger partial charge < -0.3 is 15.4 Å². The lowest BCUT2D eigenvalue weighted by Gasteiger charge is -2.46. The molecule has 130 valence electrons. The molecule has 0 spiro atoms. The Bertz CT molecular complexity index is 592. The third-order valence-electron chi connectivity index (χ3n) is 5.28. The summed E-state index contributed by atoms with van der Waals surface area (Å²) >= 11 is 4.91. The summed E-state index contributed by atoms with van der Waals surface area (Å²) in [6, 6.07) is 10.8. The zero-order valence-corrected chi connectivity index (χ0v) is 15.1. The van der Waals surface area contributed by atoms with Gasteiger partial charge in [-0.05, 0) is 36.0 Å². The fourth-order valence-corrected chi connectivity index (χ4v) is 3.88. The van der Waals surface area contributed by atoms with Crippen LogP contribution in [0.5, 0.6) is 0 Å². The molecular formula is C18H27N4OS+. The number of rotatable bonds is 5. The molecule has 3 rings (SSSR count). The summed E-state index contributed by atoms with van der Waals surface area (Å²) in [6.07, 6.45) is 2.25. The van der Waals surface area contributed by atoms with Crippen molar-refractivity contribution in [3.8, 4) is 0 Å². The molecule has 0 unspecified atom stereocenters. The fourth-order valence-electron chi connectivity index (χ4n) is 3.83. The van der Waals surface area contributed by atoms with Gasteiger partial charge >= 0.3 is 0 Å². The number of benzene rings is 1. The summed E-state index contributed by atoms with van der Waals surface area (Å²) in [5.41, 5.74) is 11.2. The van der Waals surface area contributed by atoms with E-state index in [1.165, 1.54) is 16.2 Å². The number of nitrogens with two attached hydrogens (primary N) is 1. The SMILES string of the molecule is CC1(c2ccccc2)CC(/C(C[NH+]2CCOCC2)=N\NC(N)=S)C1. The lowest BCUT2D eigenvalue weighted by atomic mass is 9.58. The Kier molecular flexibility index (Phi) is 5.48. The Morgan fingerprint density at radius 3 is 2.62 bits per heavy atom. The molecule has 2 fully saturated rings.